The van der Waals surface area contributed by atoms with E-state index in [9.17, 15) is 13.6 Å². The average molecular weight is 253 g/mol. The molecule has 0 aromatic carbocycles. The first kappa shape index (κ1) is 10.3. The molecule has 1 aromatic rings. The number of nitrogens with one attached hydrogen (secondary N) is 1. The first-order chi connectivity index (χ1) is 6.06. The van der Waals surface area contributed by atoms with Crippen molar-refractivity contribution in [2.24, 2.45) is 5.73 Å². The minimum Gasteiger partial charge on any atom is -0.355 e. The maximum Gasteiger partial charge on any atom is 0.279 e. The van der Waals surface area contributed by atoms with E-state index in [4.69, 9.17) is 5.73 Å². The van der Waals surface area contributed by atoms with E-state index >= 15 is 0 Å². The molecule has 6 heteroatoms. The Morgan fingerprint density at radius 3 is 2.69 bits per heavy atom. The van der Waals surface area contributed by atoms with E-state index in [2.05, 4.69) is 20.9 Å². The predicted molar refractivity (Wildman–Crippen MR) is 47.6 cm³/mol. The molecular formula is C7H7BrF2N2O. The summed E-state index contributed by atoms with van der Waals surface area (Å²) in [6.45, 7) is 0.0300. The zero-order valence-electron chi connectivity index (χ0n) is 6.48. The van der Waals surface area contributed by atoms with E-state index in [1.54, 1.807) is 0 Å². The first-order valence-corrected chi connectivity index (χ1v) is 4.25. The Labute approximate surface area is 81.1 Å². The number of alkyl halides is 2. The minimum atomic E-state index is -2.71. The molecule has 0 saturated heterocycles. The quantitative estimate of drug-likeness (QED) is 0.839. The molecular weight excluding hydrogens is 246 g/mol. The van der Waals surface area contributed by atoms with Crippen LogP contribution >= 0.6 is 15.9 Å². The third kappa shape index (κ3) is 2.13. The fourth-order valence-corrected chi connectivity index (χ4v) is 1.27. The van der Waals surface area contributed by atoms with E-state index in [1.165, 1.54) is 6.07 Å². The average Bonchev–Trinajstić information content (AvgIpc) is 2.09. The fourth-order valence-electron chi connectivity index (χ4n) is 0.879. The molecule has 0 aliphatic rings. The maximum absolute atomic E-state index is 12.3. The van der Waals surface area contributed by atoms with Crippen molar-refractivity contribution >= 4 is 15.9 Å². The molecule has 0 bridgehead atoms. The number of aromatic nitrogens is 1. The van der Waals surface area contributed by atoms with Crippen molar-refractivity contribution < 1.29 is 8.78 Å². The summed E-state index contributed by atoms with van der Waals surface area (Å²) in [6, 6.07) is 1.19. The minimum absolute atomic E-state index is 0.0300. The van der Waals surface area contributed by atoms with Gasteiger partial charge in [-0.05, 0) is 15.9 Å². The van der Waals surface area contributed by atoms with E-state index in [0.717, 1.165) is 0 Å². The van der Waals surface area contributed by atoms with Gasteiger partial charge in [-0.1, -0.05) is 0 Å². The zero-order chi connectivity index (χ0) is 10.0. The summed E-state index contributed by atoms with van der Waals surface area (Å²) < 4.78 is 24.4. The van der Waals surface area contributed by atoms with Gasteiger partial charge in [0.25, 0.3) is 6.43 Å². The lowest BCUT2D eigenvalue weighted by molar-refractivity contribution is 0.144. The molecule has 0 unspecified atom stereocenters. The molecule has 72 valence electrons. The highest BCUT2D eigenvalue weighted by Gasteiger charge is 2.15. The van der Waals surface area contributed by atoms with Gasteiger partial charge in [-0.15, -0.1) is 0 Å². The molecule has 3 nitrogen and oxygen atoms in total. The van der Waals surface area contributed by atoms with Gasteiger partial charge in [-0.3, -0.25) is 4.79 Å². The van der Waals surface area contributed by atoms with Gasteiger partial charge in [-0.25, -0.2) is 8.78 Å². The SMILES string of the molecule is NCc1cc(=O)c(Br)c(C(F)F)[nH]1. The summed E-state index contributed by atoms with van der Waals surface area (Å²) in [5.74, 6) is 0. The van der Waals surface area contributed by atoms with Crippen molar-refractivity contribution in [3.05, 3.63) is 32.2 Å². The lowest BCUT2D eigenvalue weighted by Crippen LogP contribution is -2.12. The van der Waals surface area contributed by atoms with E-state index in [0.29, 0.717) is 5.69 Å². The fraction of sp³-hybridized carbons (Fsp3) is 0.286. The standard InChI is InChI=1S/C7H7BrF2N2O/c8-5-4(13)1-3(2-11)12-6(5)7(9)10/h1,7H,2,11H2,(H,12,13). The van der Waals surface area contributed by atoms with Crippen LogP contribution in [0.4, 0.5) is 8.78 Å². The molecule has 1 heterocycles. The second-order valence-corrected chi connectivity index (χ2v) is 3.18. The molecule has 1 aromatic heterocycles. The Hall–Kier alpha value is -0.750. The molecule has 13 heavy (non-hydrogen) atoms. The van der Waals surface area contributed by atoms with Crippen LogP contribution in [0, 0.1) is 0 Å². The monoisotopic (exact) mass is 252 g/mol. The third-order valence-corrected chi connectivity index (χ3v) is 2.31. The van der Waals surface area contributed by atoms with Crippen LogP contribution in [-0.4, -0.2) is 4.98 Å². The van der Waals surface area contributed by atoms with Crippen molar-refractivity contribution in [2.75, 3.05) is 0 Å². The molecule has 0 aliphatic carbocycles. The summed E-state index contributed by atoms with van der Waals surface area (Å²) in [4.78, 5) is 13.4. The molecule has 0 amide bonds. The van der Waals surface area contributed by atoms with Gasteiger partial charge in [0, 0.05) is 18.3 Å². The largest absolute Gasteiger partial charge is 0.355 e. The number of halogens is 3. The van der Waals surface area contributed by atoms with Gasteiger partial charge in [0.15, 0.2) is 5.43 Å². The van der Waals surface area contributed by atoms with Gasteiger partial charge in [0.05, 0.1) is 4.47 Å². The summed E-state index contributed by atoms with van der Waals surface area (Å²) in [5.41, 5.74) is 4.59. The normalized spacial score (nSPS) is 10.8. The van der Waals surface area contributed by atoms with E-state index < -0.39 is 17.5 Å². The van der Waals surface area contributed by atoms with Crippen LogP contribution in [0.5, 0.6) is 0 Å². The van der Waals surface area contributed by atoms with Crippen molar-refractivity contribution in [1.82, 2.24) is 4.98 Å². The molecule has 0 atom stereocenters. The highest BCUT2D eigenvalue weighted by atomic mass is 79.9. The number of aromatic amines is 1. The molecule has 3 N–H and O–H groups in total. The zero-order valence-corrected chi connectivity index (χ0v) is 8.07. The highest BCUT2D eigenvalue weighted by molar-refractivity contribution is 9.10. The maximum atomic E-state index is 12.3. The predicted octanol–water partition coefficient (Wildman–Crippen LogP) is 1.53. The number of hydrogen-bond acceptors (Lipinski definition) is 2. The molecule has 0 fully saturated rings. The molecule has 0 saturated carbocycles. The summed E-state index contributed by atoms with van der Waals surface area (Å²) in [6.07, 6.45) is -2.71. The smallest absolute Gasteiger partial charge is 0.279 e. The second-order valence-electron chi connectivity index (χ2n) is 2.39. The molecule has 0 aliphatic heterocycles. The van der Waals surface area contributed by atoms with Gasteiger partial charge in [0.1, 0.15) is 5.69 Å². The number of nitrogens with two attached hydrogens (primary N) is 1. The molecule has 0 radical (unpaired) electrons. The topological polar surface area (TPSA) is 58.9 Å². The lowest BCUT2D eigenvalue weighted by Gasteiger charge is -2.05. The van der Waals surface area contributed by atoms with E-state index in [-0.39, 0.29) is 11.0 Å². The van der Waals surface area contributed by atoms with E-state index in [1.807, 2.05) is 0 Å². The van der Waals surface area contributed by atoms with Crippen LogP contribution < -0.4 is 11.2 Å². The van der Waals surface area contributed by atoms with Crippen LogP contribution in [0.2, 0.25) is 0 Å². The third-order valence-electron chi connectivity index (χ3n) is 1.49. The van der Waals surface area contributed by atoms with Crippen molar-refractivity contribution in [1.29, 1.82) is 0 Å². The van der Waals surface area contributed by atoms with Crippen molar-refractivity contribution in [2.45, 2.75) is 13.0 Å². The summed E-state index contributed by atoms with van der Waals surface area (Å²) in [7, 11) is 0. The number of H-pyrrole nitrogens is 1. The van der Waals surface area contributed by atoms with Crippen molar-refractivity contribution in [3.8, 4) is 0 Å². The Kier molecular flexibility index (Phi) is 3.16. The van der Waals surface area contributed by atoms with Gasteiger partial charge < -0.3 is 10.7 Å². The Balaban J connectivity index is 3.33. The lowest BCUT2D eigenvalue weighted by atomic mass is 10.3. The summed E-state index contributed by atoms with van der Waals surface area (Å²) >= 11 is 2.78. The van der Waals surface area contributed by atoms with Gasteiger partial charge in [-0.2, -0.15) is 0 Å². The first-order valence-electron chi connectivity index (χ1n) is 3.46. The highest BCUT2D eigenvalue weighted by Crippen LogP contribution is 2.22. The number of pyridine rings is 1. The summed E-state index contributed by atoms with van der Waals surface area (Å²) in [5, 5.41) is 0. The Morgan fingerprint density at radius 1 is 1.62 bits per heavy atom. The van der Waals surface area contributed by atoms with Gasteiger partial charge >= 0.3 is 0 Å². The number of rotatable bonds is 2. The molecule has 1 rings (SSSR count). The number of hydrogen-bond donors (Lipinski definition) is 2. The van der Waals surface area contributed by atoms with Crippen LogP contribution in [0.15, 0.2) is 15.3 Å². The van der Waals surface area contributed by atoms with Gasteiger partial charge in [0.2, 0.25) is 0 Å². The molecule has 0 spiro atoms. The Morgan fingerprint density at radius 2 is 2.23 bits per heavy atom. The van der Waals surface area contributed by atoms with Crippen molar-refractivity contribution in [3.63, 3.8) is 0 Å². The van der Waals surface area contributed by atoms with Crippen LogP contribution in [0.1, 0.15) is 17.8 Å². The second kappa shape index (κ2) is 3.97. The van der Waals surface area contributed by atoms with Crippen LogP contribution in [-0.2, 0) is 6.54 Å². The van der Waals surface area contributed by atoms with Crippen LogP contribution in [0.25, 0.3) is 0 Å². The van der Waals surface area contributed by atoms with Crippen LogP contribution in [0.3, 0.4) is 0 Å². The Bertz CT molecular complexity index is 364.